The molecule has 0 unspecified atom stereocenters. The number of allylic oxidation sites excluding steroid dienone is 1. The lowest BCUT2D eigenvalue weighted by molar-refractivity contribution is -0.138. The number of nitrogens with one attached hydrogen (secondary N) is 1. The van der Waals surface area contributed by atoms with Crippen molar-refractivity contribution in [1.82, 2.24) is 5.32 Å². The number of nitrogens with zero attached hydrogens (tertiary/aromatic N) is 2. The van der Waals surface area contributed by atoms with E-state index in [0.29, 0.717) is 32.0 Å². The van der Waals surface area contributed by atoms with E-state index in [9.17, 15) is 4.79 Å². The number of carbonyl (C=O) groups is 1. The Balaban J connectivity index is 2.51. The Bertz CT molecular complexity index is 756. The minimum atomic E-state index is -0.641. The summed E-state index contributed by atoms with van der Waals surface area (Å²) in [7, 11) is 0. The SMILES string of the molecule is CCOC(=O)C1=C(C)NC(SCC#N)=N[C@H]1c1cccc(Cl)c1Cl. The predicted molar refractivity (Wildman–Crippen MR) is 97.2 cm³/mol. The molecule has 1 heterocycles. The fourth-order valence-corrected chi connectivity index (χ4v) is 3.27. The summed E-state index contributed by atoms with van der Waals surface area (Å²) in [6.07, 6.45) is 0. The highest BCUT2D eigenvalue weighted by Gasteiger charge is 2.32. The maximum absolute atomic E-state index is 12.4. The molecule has 5 nitrogen and oxygen atoms in total. The number of benzene rings is 1. The highest BCUT2D eigenvalue weighted by molar-refractivity contribution is 8.14. The molecule has 0 saturated carbocycles. The van der Waals surface area contributed by atoms with E-state index in [4.69, 9.17) is 33.2 Å². The topological polar surface area (TPSA) is 74.5 Å². The second-order valence-electron chi connectivity index (χ2n) is 4.81. The van der Waals surface area contributed by atoms with Crippen molar-refractivity contribution in [3.63, 3.8) is 0 Å². The lowest BCUT2D eigenvalue weighted by Crippen LogP contribution is -2.30. The number of thioether (sulfide) groups is 1. The molecule has 1 aliphatic rings. The number of amidine groups is 1. The Kier molecular flexibility index (Phi) is 6.55. The second-order valence-corrected chi connectivity index (χ2v) is 6.56. The van der Waals surface area contributed by atoms with Crippen LogP contribution < -0.4 is 5.32 Å². The number of nitriles is 1. The molecule has 0 bridgehead atoms. The van der Waals surface area contributed by atoms with Crippen molar-refractivity contribution >= 4 is 46.1 Å². The lowest BCUT2D eigenvalue weighted by atomic mass is 9.96. The summed E-state index contributed by atoms with van der Waals surface area (Å²) in [6, 6.07) is 6.60. The second kappa shape index (κ2) is 8.43. The van der Waals surface area contributed by atoms with Gasteiger partial charge in [-0.3, -0.25) is 0 Å². The predicted octanol–water partition coefficient (Wildman–Crippen LogP) is 4.09. The van der Waals surface area contributed by atoms with E-state index in [1.807, 2.05) is 6.07 Å². The molecule has 1 aromatic carbocycles. The maximum Gasteiger partial charge on any atom is 0.338 e. The number of hydrogen-bond acceptors (Lipinski definition) is 6. The van der Waals surface area contributed by atoms with Crippen molar-refractivity contribution in [2.45, 2.75) is 19.9 Å². The van der Waals surface area contributed by atoms with E-state index in [-0.39, 0.29) is 12.4 Å². The van der Waals surface area contributed by atoms with Crippen LogP contribution in [-0.4, -0.2) is 23.5 Å². The Hall–Kier alpha value is -1.68. The average Bonchev–Trinajstić information content (AvgIpc) is 2.55. The van der Waals surface area contributed by atoms with Gasteiger partial charge in [-0.15, -0.1) is 0 Å². The van der Waals surface area contributed by atoms with Crippen molar-refractivity contribution < 1.29 is 9.53 Å². The standard InChI is InChI=1S/C16H15Cl2N3O2S/c1-3-23-15(22)12-9(2)20-16(24-8-7-19)21-14(12)10-5-4-6-11(17)13(10)18/h4-6,14H,3,8H2,1-2H3,(H,20,21)/t14-/m0/s1. The van der Waals surface area contributed by atoms with Gasteiger partial charge in [0.1, 0.15) is 6.04 Å². The van der Waals surface area contributed by atoms with Gasteiger partial charge in [0.05, 0.1) is 34.0 Å². The van der Waals surface area contributed by atoms with Crippen LogP contribution in [0.5, 0.6) is 0 Å². The van der Waals surface area contributed by atoms with Gasteiger partial charge < -0.3 is 10.1 Å². The van der Waals surface area contributed by atoms with Gasteiger partial charge in [0, 0.05) is 11.3 Å². The van der Waals surface area contributed by atoms with Crippen molar-refractivity contribution in [1.29, 1.82) is 5.26 Å². The molecule has 2 rings (SSSR count). The van der Waals surface area contributed by atoms with Gasteiger partial charge in [-0.1, -0.05) is 47.1 Å². The third-order valence-corrected chi connectivity index (χ3v) is 4.85. The van der Waals surface area contributed by atoms with Gasteiger partial charge >= 0.3 is 5.97 Å². The zero-order valence-corrected chi connectivity index (χ0v) is 15.4. The van der Waals surface area contributed by atoms with Gasteiger partial charge in [-0.25, -0.2) is 9.79 Å². The molecule has 0 spiro atoms. The number of aliphatic imine (C=N–C) groups is 1. The molecule has 1 aromatic rings. The van der Waals surface area contributed by atoms with Gasteiger partial charge in [0.15, 0.2) is 5.17 Å². The summed E-state index contributed by atoms with van der Waals surface area (Å²) in [6.45, 7) is 3.76. The van der Waals surface area contributed by atoms with Gasteiger partial charge in [0.25, 0.3) is 0 Å². The Labute approximate surface area is 154 Å². The lowest BCUT2D eigenvalue weighted by Gasteiger charge is -2.26. The van der Waals surface area contributed by atoms with Gasteiger partial charge in [-0.05, 0) is 19.9 Å². The average molecular weight is 384 g/mol. The summed E-state index contributed by atoms with van der Waals surface area (Å²) >= 11 is 13.7. The Morgan fingerprint density at radius 3 is 2.92 bits per heavy atom. The van der Waals surface area contributed by atoms with Crippen LogP contribution in [0.3, 0.4) is 0 Å². The van der Waals surface area contributed by atoms with Gasteiger partial charge in [0.2, 0.25) is 0 Å². The monoisotopic (exact) mass is 383 g/mol. The number of ether oxygens (including phenoxy) is 1. The Morgan fingerprint density at radius 2 is 2.25 bits per heavy atom. The maximum atomic E-state index is 12.4. The van der Waals surface area contributed by atoms with Crippen LogP contribution in [0.1, 0.15) is 25.5 Å². The van der Waals surface area contributed by atoms with E-state index >= 15 is 0 Å². The zero-order chi connectivity index (χ0) is 17.7. The molecule has 0 aliphatic carbocycles. The van der Waals surface area contributed by atoms with Crippen molar-refractivity contribution in [3.05, 3.63) is 45.1 Å². The van der Waals surface area contributed by atoms with Crippen LogP contribution in [0, 0.1) is 11.3 Å². The molecule has 24 heavy (non-hydrogen) atoms. The molecule has 0 amide bonds. The van der Waals surface area contributed by atoms with E-state index < -0.39 is 12.0 Å². The first kappa shape index (κ1) is 18.7. The van der Waals surface area contributed by atoms with Gasteiger partial charge in [-0.2, -0.15) is 5.26 Å². The molecule has 0 fully saturated rings. The minimum absolute atomic E-state index is 0.240. The molecule has 8 heteroatoms. The first-order chi connectivity index (χ1) is 11.5. The summed E-state index contributed by atoms with van der Waals surface area (Å²) < 4.78 is 5.15. The molecule has 0 saturated heterocycles. The number of halogens is 2. The summed E-state index contributed by atoms with van der Waals surface area (Å²) in [5.41, 5.74) is 1.61. The van der Waals surface area contributed by atoms with E-state index in [2.05, 4.69) is 10.3 Å². The van der Waals surface area contributed by atoms with Crippen molar-refractivity contribution in [2.75, 3.05) is 12.4 Å². The van der Waals surface area contributed by atoms with Crippen molar-refractivity contribution in [3.8, 4) is 6.07 Å². The zero-order valence-electron chi connectivity index (χ0n) is 13.1. The summed E-state index contributed by atoms with van der Waals surface area (Å²) in [5, 5.41) is 13.1. The molecule has 0 radical (unpaired) electrons. The summed E-state index contributed by atoms with van der Waals surface area (Å²) in [4.78, 5) is 16.9. The highest BCUT2D eigenvalue weighted by atomic mass is 35.5. The smallest absolute Gasteiger partial charge is 0.338 e. The molecule has 1 atom stereocenters. The highest BCUT2D eigenvalue weighted by Crippen LogP contribution is 2.38. The third-order valence-electron chi connectivity index (χ3n) is 3.26. The molecule has 0 aromatic heterocycles. The fourth-order valence-electron chi connectivity index (χ4n) is 2.25. The quantitative estimate of drug-likeness (QED) is 0.792. The number of rotatable bonds is 4. The fraction of sp³-hybridized carbons (Fsp3) is 0.312. The first-order valence-electron chi connectivity index (χ1n) is 7.16. The largest absolute Gasteiger partial charge is 0.463 e. The van der Waals surface area contributed by atoms with E-state index in [1.165, 1.54) is 11.8 Å². The Morgan fingerprint density at radius 1 is 1.50 bits per heavy atom. The number of esters is 1. The molecule has 1 aliphatic heterocycles. The number of carbonyl (C=O) groups excluding carboxylic acids is 1. The molecular formula is C16H15Cl2N3O2S. The normalized spacial score (nSPS) is 17.0. The minimum Gasteiger partial charge on any atom is -0.463 e. The van der Waals surface area contributed by atoms with Crippen LogP contribution in [-0.2, 0) is 9.53 Å². The third kappa shape index (κ3) is 4.04. The number of hydrogen-bond donors (Lipinski definition) is 1. The van der Waals surface area contributed by atoms with Crippen LogP contribution in [0.2, 0.25) is 10.0 Å². The van der Waals surface area contributed by atoms with Crippen molar-refractivity contribution in [2.24, 2.45) is 4.99 Å². The summed E-state index contributed by atoms with van der Waals surface area (Å²) in [5.74, 6) is -0.222. The van der Waals surface area contributed by atoms with Crippen LogP contribution in [0.4, 0.5) is 0 Å². The molecule has 126 valence electrons. The molecular weight excluding hydrogens is 369 g/mol. The van der Waals surface area contributed by atoms with Crippen LogP contribution in [0.15, 0.2) is 34.5 Å². The first-order valence-corrected chi connectivity index (χ1v) is 8.90. The van der Waals surface area contributed by atoms with Crippen LogP contribution in [0.25, 0.3) is 0 Å². The van der Waals surface area contributed by atoms with E-state index in [0.717, 1.165) is 0 Å². The van der Waals surface area contributed by atoms with E-state index in [1.54, 1.807) is 32.0 Å². The van der Waals surface area contributed by atoms with Crippen LogP contribution >= 0.6 is 35.0 Å². The molecule has 1 N–H and O–H groups in total.